The maximum Gasteiger partial charge on any atom is 0.236 e. The third kappa shape index (κ3) is 7.27. The highest BCUT2D eigenvalue weighted by atomic mass is 16.5. The molecule has 28 heavy (non-hydrogen) atoms. The summed E-state index contributed by atoms with van der Waals surface area (Å²) in [5.74, 6) is 1.11. The van der Waals surface area contributed by atoms with Gasteiger partial charge in [0.2, 0.25) is 11.8 Å². The number of nitrogens with one attached hydrogen (secondary N) is 2. The lowest BCUT2D eigenvalue weighted by Crippen LogP contribution is -2.55. The van der Waals surface area contributed by atoms with Crippen LogP contribution in [-0.4, -0.2) is 111 Å². The van der Waals surface area contributed by atoms with Crippen LogP contribution in [0.2, 0.25) is 0 Å². The Kier molecular flexibility index (Phi) is 9.49. The zero-order valence-corrected chi connectivity index (χ0v) is 17.6. The van der Waals surface area contributed by atoms with Crippen LogP contribution in [0.1, 0.15) is 20.8 Å². The Morgan fingerprint density at radius 1 is 1.00 bits per heavy atom. The van der Waals surface area contributed by atoms with E-state index in [1.54, 1.807) is 0 Å². The van der Waals surface area contributed by atoms with E-state index in [-0.39, 0.29) is 17.7 Å². The van der Waals surface area contributed by atoms with Crippen molar-refractivity contribution in [3.63, 3.8) is 0 Å². The van der Waals surface area contributed by atoms with E-state index in [4.69, 9.17) is 4.74 Å². The first-order valence-corrected chi connectivity index (χ1v) is 10.4. The summed E-state index contributed by atoms with van der Waals surface area (Å²) in [5.41, 5.74) is 0. The van der Waals surface area contributed by atoms with Gasteiger partial charge in [0.15, 0.2) is 5.96 Å². The minimum Gasteiger partial charge on any atom is -0.378 e. The first-order valence-electron chi connectivity index (χ1n) is 10.4. The van der Waals surface area contributed by atoms with Gasteiger partial charge in [-0.3, -0.25) is 19.5 Å². The third-order valence-electron chi connectivity index (χ3n) is 4.93. The quantitative estimate of drug-likeness (QED) is 0.333. The Labute approximate surface area is 168 Å². The summed E-state index contributed by atoms with van der Waals surface area (Å²) in [4.78, 5) is 35.0. The van der Waals surface area contributed by atoms with Gasteiger partial charge in [-0.05, 0) is 6.92 Å². The number of aliphatic imine (C=N–C) groups is 1. The SMILES string of the molecule is CCNC(=NCCNC(=O)C(C)C)N1CCN(CC(=O)N2CCOCC2)CC1. The molecule has 2 saturated heterocycles. The fourth-order valence-electron chi connectivity index (χ4n) is 3.19. The average Bonchev–Trinajstić information content (AvgIpc) is 2.71. The Morgan fingerprint density at radius 3 is 2.29 bits per heavy atom. The normalized spacial score (nSPS) is 19.1. The highest BCUT2D eigenvalue weighted by molar-refractivity contribution is 5.81. The molecule has 0 aromatic rings. The molecule has 160 valence electrons. The molecule has 0 spiro atoms. The van der Waals surface area contributed by atoms with E-state index in [0.29, 0.717) is 45.9 Å². The van der Waals surface area contributed by atoms with Gasteiger partial charge in [0.05, 0.1) is 26.3 Å². The van der Waals surface area contributed by atoms with Gasteiger partial charge < -0.3 is 25.2 Å². The highest BCUT2D eigenvalue weighted by Gasteiger charge is 2.24. The van der Waals surface area contributed by atoms with Crippen LogP contribution in [0.25, 0.3) is 0 Å². The van der Waals surface area contributed by atoms with Gasteiger partial charge in [-0.25, -0.2) is 0 Å². The number of hydrogen-bond acceptors (Lipinski definition) is 5. The van der Waals surface area contributed by atoms with E-state index in [1.807, 2.05) is 25.7 Å². The maximum absolute atomic E-state index is 12.4. The van der Waals surface area contributed by atoms with Crippen LogP contribution in [0.15, 0.2) is 4.99 Å². The van der Waals surface area contributed by atoms with Gasteiger partial charge in [0.25, 0.3) is 0 Å². The van der Waals surface area contributed by atoms with Gasteiger partial charge >= 0.3 is 0 Å². The molecule has 9 heteroatoms. The number of guanidine groups is 1. The van der Waals surface area contributed by atoms with Gasteiger partial charge in [-0.1, -0.05) is 13.8 Å². The lowest BCUT2D eigenvalue weighted by Gasteiger charge is -2.37. The molecule has 2 rings (SSSR count). The van der Waals surface area contributed by atoms with E-state index < -0.39 is 0 Å². The van der Waals surface area contributed by atoms with Crippen LogP contribution < -0.4 is 10.6 Å². The van der Waals surface area contributed by atoms with Crippen LogP contribution >= 0.6 is 0 Å². The number of nitrogens with zero attached hydrogens (tertiary/aromatic N) is 4. The van der Waals surface area contributed by atoms with Crippen molar-refractivity contribution in [2.75, 3.05) is 78.7 Å². The lowest BCUT2D eigenvalue weighted by atomic mass is 10.2. The van der Waals surface area contributed by atoms with E-state index in [0.717, 1.165) is 38.7 Å². The Bertz CT molecular complexity index is 526. The second-order valence-electron chi connectivity index (χ2n) is 7.44. The summed E-state index contributed by atoms with van der Waals surface area (Å²) in [7, 11) is 0. The molecule has 0 aliphatic carbocycles. The number of hydrogen-bond donors (Lipinski definition) is 2. The molecule has 0 unspecified atom stereocenters. The summed E-state index contributed by atoms with van der Waals surface area (Å²) >= 11 is 0. The molecular weight excluding hydrogens is 360 g/mol. The molecule has 2 aliphatic heterocycles. The molecule has 2 aliphatic rings. The lowest BCUT2D eigenvalue weighted by molar-refractivity contribution is -0.136. The summed E-state index contributed by atoms with van der Waals surface area (Å²) in [5, 5.41) is 6.22. The van der Waals surface area contributed by atoms with Gasteiger partial charge in [0.1, 0.15) is 0 Å². The van der Waals surface area contributed by atoms with Crippen molar-refractivity contribution in [1.29, 1.82) is 0 Å². The second kappa shape index (κ2) is 11.9. The number of amides is 2. The molecular formula is C19H36N6O3. The molecule has 0 bridgehead atoms. The number of carbonyl (C=O) groups excluding carboxylic acids is 2. The van der Waals surface area contributed by atoms with Crippen LogP contribution in [-0.2, 0) is 14.3 Å². The van der Waals surface area contributed by atoms with Crippen molar-refractivity contribution in [2.24, 2.45) is 10.9 Å². The van der Waals surface area contributed by atoms with Crippen molar-refractivity contribution < 1.29 is 14.3 Å². The maximum atomic E-state index is 12.4. The topological polar surface area (TPSA) is 89.5 Å². The first-order chi connectivity index (χ1) is 13.5. The molecule has 0 aromatic carbocycles. The van der Waals surface area contributed by atoms with Crippen molar-refractivity contribution in [3.8, 4) is 0 Å². The first kappa shape index (κ1) is 22.4. The number of piperazine rings is 1. The van der Waals surface area contributed by atoms with Crippen molar-refractivity contribution in [1.82, 2.24) is 25.3 Å². The summed E-state index contributed by atoms with van der Waals surface area (Å²) in [6, 6.07) is 0. The minimum atomic E-state index is -0.00883. The number of carbonyl (C=O) groups is 2. The van der Waals surface area contributed by atoms with Gasteiger partial charge in [0, 0.05) is 58.3 Å². The minimum absolute atomic E-state index is 0.00883. The fraction of sp³-hybridized carbons (Fsp3) is 0.842. The van der Waals surface area contributed by atoms with Crippen molar-refractivity contribution >= 4 is 17.8 Å². The smallest absolute Gasteiger partial charge is 0.236 e. The molecule has 0 saturated carbocycles. The van der Waals surface area contributed by atoms with Crippen LogP contribution in [0, 0.1) is 5.92 Å². The molecule has 0 radical (unpaired) electrons. The zero-order valence-electron chi connectivity index (χ0n) is 17.6. The van der Waals surface area contributed by atoms with E-state index in [9.17, 15) is 9.59 Å². The zero-order chi connectivity index (χ0) is 20.4. The van der Waals surface area contributed by atoms with Crippen molar-refractivity contribution in [3.05, 3.63) is 0 Å². The van der Waals surface area contributed by atoms with Gasteiger partial charge in [-0.2, -0.15) is 0 Å². The number of morpholine rings is 1. The van der Waals surface area contributed by atoms with Crippen molar-refractivity contribution in [2.45, 2.75) is 20.8 Å². The Hall–Kier alpha value is -1.87. The molecule has 2 N–H and O–H groups in total. The predicted molar refractivity (Wildman–Crippen MR) is 109 cm³/mol. The van der Waals surface area contributed by atoms with E-state index >= 15 is 0 Å². The molecule has 2 amide bonds. The van der Waals surface area contributed by atoms with Crippen LogP contribution in [0.3, 0.4) is 0 Å². The summed E-state index contributed by atoms with van der Waals surface area (Å²) in [6.07, 6.45) is 0. The summed E-state index contributed by atoms with van der Waals surface area (Å²) < 4.78 is 5.31. The Balaban J connectivity index is 1.75. The number of rotatable bonds is 7. The molecule has 2 fully saturated rings. The predicted octanol–water partition coefficient (Wildman–Crippen LogP) is -0.799. The standard InChI is InChI=1S/C19H36N6O3/c1-4-20-19(22-6-5-21-18(27)16(2)3)25-9-7-23(8-10-25)15-17(26)24-11-13-28-14-12-24/h16H,4-15H2,1-3H3,(H,20,22)(H,21,27). The van der Waals surface area contributed by atoms with Crippen LogP contribution in [0.5, 0.6) is 0 Å². The molecule has 0 aromatic heterocycles. The molecule has 9 nitrogen and oxygen atoms in total. The number of ether oxygens (including phenoxy) is 1. The van der Waals surface area contributed by atoms with E-state index in [2.05, 4.69) is 25.4 Å². The largest absolute Gasteiger partial charge is 0.378 e. The molecule has 0 atom stereocenters. The Morgan fingerprint density at radius 2 is 1.68 bits per heavy atom. The van der Waals surface area contributed by atoms with Crippen LogP contribution in [0.4, 0.5) is 0 Å². The second-order valence-corrected chi connectivity index (χ2v) is 7.44. The van der Waals surface area contributed by atoms with Gasteiger partial charge in [-0.15, -0.1) is 0 Å². The summed E-state index contributed by atoms with van der Waals surface area (Å²) in [6.45, 7) is 14.2. The average molecular weight is 397 g/mol. The third-order valence-corrected chi connectivity index (χ3v) is 4.93. The van der Waals surface area contributed by atoms with E-state index in [1.165, 1.54) is 0 Å². The highest BCUT2D eigenvalue weighted by Crippen LogP contribution is 2.05. The fourth-order valence-corrected chi connectivity index (χ4v) is 3.19. The monoisotopic (exact) mass is 396 g/mol. The molecule has 2 heterocycles.